The van der Waals surface area contributed by atoms with Crippen molar-refractivity contribution in [2.75, 3.05) is 20.8 Å². The molecule has 1 aliphatic carbocycles. The third-order valence-electron chi connectivity index (χ3n) is 7.15. The smallest absolute Gasteiger partial charge is 0.123 e. The van der Waals surface area contributed by atoms with Gasteiger partial charge in [0.2, 0.25) is 0 Å². The number of fused-ring (bicyclic) bond motifs is 1. The van der Waals surface area contributed by atoms with Crippen LogP contribution in [-0.2, 0) is 13.0 Å². The molecule has 4 rings (SSSR count). The fraction of sp³-hybridized carbons (Fsp3) is 0.464. The van der Waals surface area contributed by atoms with Gasteiger partial charge in [-0.15, -0.1) is 0 Å². The van der Waals surface area contributed by atoms with Gasteiger partial charge in [0.1, 0.15) is 17.3 Å². The van der Waals surface area contributed by atoms with Crippen molar-refractivity contribution >= 4 is 11.0 Å². The van der Waals surface area contributed by atoms with Crippen molar-refractivity contribution < 1.29 is 9.47 Å². The number of ether oxygens (including phenoxy) is 2. The molecule has 0 saturated heterocycles. The van der Waals surface area contributed by atoms with Gasteiger partial charge in [-0.3, -0.25) is 0 Å². The zero-order valence-electron chi connectivity index (χ0n) is 20.5. The Morgan fingerprint density at radius 3 is 2.70 bits per heavy atom. The Bertz CT molecular complexity index is 1100. The molecule has 1 heterocycles. The van der Waals surface area contributed by atoms with Gasteiger partial charge in [0.15, 0.2) is 0 Å². The van der Waals surface area contributed by atoms with Crippen LogP contribution in [0.3, 0.4) is 0 Å². The van der Waals surface area contributed by atoms with E-state index in [1.807, 2.05) is 30.3 Å². The number of nitrogens with zero attached hydrogens (tertiary/aromatic N) is 1. The highest BCUT2D eigenvalue weighted by Crippen LogP contribution is 2.38. The van der Waals surface area contributed by atoms with Crippen molar-refractivity contribution in [1.29, 1.82) is 0 Å². The molecule has 3 unspecified atom stereocenters. The summed E-state index contributed by atoms with van der Waals surface area (Å²) in [6.07, 6.45) is 4.66. The van der Waals surface area contributed by atoms with Crippen LogP contribution in [0.1, 0.15) is 38.6 Å². The van der Waals surface area contributed by atoms with Gasteiger partial charge in [-0.2, -0.15) is 0 Å². The van der Waals surface area contributed by atoms with Crippen molar-refractivity contribution in [3.63, 3.8) is 0 Å². The molecule has 0 aliphatic heterocycles. The summed E-state index contributed by atoms with van der Waals surface area (Å²) in [7, 11) is 3.43. The molecule has 3 atom stereocenters. The highest BCUT2D eigenvalue weighted by atomic mass is 16.5. The number of H-pyrrole nitrogens is 1. The number of nitrogens with one attached hydrogen (secondary N) is 2. The van der Waals surface area contributed by atoms with Gasteiger partial charge in [0.05, 0.1) is 25.3 Å². The zero-order valence-corrected chi connectivity index (χ0v) is 20.5. The van der Waals surface area contributed by atoms with E-state index in [1.54, 1.807) is 14.2 Å². The van der Waals surface area contributed by atoms with Crippen LogP contribution in [0, 0.1) is 23.7 Å². The maximum atomic E-state index is 5.50. The van der Waals surface area contributed by atoms with Crippen LogP contribution in [0.5, 0.6) is 11.5 Å². The Morgan fingerprint density at radius 1 is 1.12 bits per heavy atom. The predicted octanol–water partition coefficient (Wildman–Crippen LogP) is 5.77. The molecule has 2 N–H and O–H groups in total. The number of hydrogen-bond donors (Lipinski definition) is 2. The molecule has 1 aliphatic rings. The van der Waals surface area contributed by atoms with Crippen LogP contribution in [0.2, 0.25) is 0 Å². The second-order valence-electron chi connectivity index (χ2n) is 9.63. The quantitative estimate of drug-likeness (QED) is 0.409. The van der Waals surface area contributed by atoms with E-state index in [9.17, 15) is 0 Å². The third-order valence-corrected chi connectivity index (χ3v) is 7.15. The van der Waals surface area contributed by atoms with E-state index in [0.717, 1.165) is 47.9 Å². The second kappa shape index (κ2) is 10.4. The molecule has 0 fully saturated rings. The minimum absolute atomic E-state index is 0.519. The number of benzene rings is 2. The molecule has 1 aromatic heterocycles. The predicted molar refractivity (Wildman–Crippen MR) is 135 cm³/mol. The fourth-order valence-corrected chi connectivity index (χ4v) is 5.23. The maximum Gasteiger partial charge on any atom is 0.123 e. The van der Waals surface area contributed by atoms with Crippen molar-refractivity contribution in [2.24, 2.45) is 23.7 Å². The van der Waals surface area contributed by atoms with E-state index >= 15 is 0 Å². The van der Waals surface area contributed by atoms with Crippen molar-refractivity contribution in [2.45, 2.75) is 40.2 Å². The summed E-state index contributed by atoms with van der Waals surface area (Å²) in [6, 6.07) is 14.3. The lowest BCUT2D eigenvalue weighted by Gasteiger charge is -2.37. The van der Waals surface area contributed by atoms with E-state index in [1.165, 1.54) is 17.6 Å². The van der Waals surface area contributed by atoms with Crippen molar-refractivity contribution in [3.8, 4) is 11.5 Å². The Labute approximate surface area is 197 Å². The summed E-state index contributed by atoms with van der Waals surface area (Å²) in [5.74, 6) is 5.20. The van der Waals surface area contributed by atoms with E-state index in [0.29, 0.717) is 23.7 Å². The summed E-state index contributed by atoms with van der Waals surface area (Å²) < 4.78 is 10.9. The number of methoxy groups -OCH3 is 2. The topological polar surface area (TPSA) is 59.2 Å². The molecular formula is C28H37N3O2. The normalized spacial score (nSPS) is 20.8. The number of allylic oxidation sites excluding steroid dienone is 1. The van der Waals surface area contributed by atoms with Crippen molar-refractivity contribution in [1.82, 2.24) is 15.3 Å². The first-order chi connectivity index (χ1) is 16.0. The third kappa shape index (κ3) is 5.41. The molecule has 5 nitrogen and oxygen atoms in total. The number of aromatic amines is 1. The molecule has 2 aromatic carbocycles. The molecule has 176 valence electrons. The molecule has 0 bridgehead atoms. The first-order valence-corrected chi connectivity index (χ1v) is 12.0. The highest BCUT2D eigenvalue weighted by molar-refractivity contribution is 5.76. The average Bonchev–Trinajstić information content (AvgIpc) is 3.22. The Kier molecular flexibility index (Phi) is 7.39. The molecule has 0 radical (unpaired) electrons. The highest BCUT2D eigenvalue weighted by Gasteiger charge is 2.32. The number of para-hydroxylation sites is 1. The molecule has 33 heavy (non-hydrogen) atoms. The van der Waals surface area contributed by atoms with Crippen LogP contribution < -0.4 is 14.8 Å². The molecular weight excluding hydrogens is 410 g/mol. The fourth-order valence-electron chi connectivity index (χ4n) is 5.23. The lowest BCUT2D eigenvalue weighted by atomic mass is 9.70. The van der Waals surface area contributed by atoms with Crippen molar-refractivity contribution in [3.05, 3.63) is 65.5 Å². The average molecular weight is 448 g/mol. The Hall–Kier alpha value is -2.79. The lowest BCUT2D eigenvalue weighted by molar-refractivity contribution is 0.221. The lowest BCUT2D eigenvalue weighted by Crippen LogP contribution is -2.34. The summed E-state index contributed by atoms with van der Waals surface area (Å²) in [5.41, 5.74) is 4.73. The van der Waals surface area contributed by atoms with E-state index < -0.39 is 0 Å². The van der Waals surface area contributed by atoms with Gasteiger partial charge < -0.3 is 19.8 Å². The monoisotopic (exact) mass is 447 g/mol. The zero-order chi connectivity index (χ0) is 23.4. The molecule has 0 amide bonds. The number of aromatic nitrogens is 2. The molecule has 0 saturated carbocycles. The minimum Gasteiger partial charge on any atom is -0.497 e. The van der Waals surface area contributed by atoms with Crippen LogP contribution in [0.15, 0.2) is 54.1 Å². The van der Waals surface area contributed by atoms with Gasteiger partial charge in [-0.05, 0) is 55.2 Å². The largest absolute Gasteiger partial charge is 0.497 e. The molecule has 5 heteroatoms. The van der Waals surface area contributed by atoms with Gasteiger partial charge in [0, 0.05) is 31.1 Å². The summed E-state index contributed by atoms with van der Waals surface area (Å²) in [4.78, 5) is 8.36. The number of hydrogen-bond acceptors (Lipinski definition) is 4. The Morgan fingerprint density at radius 2 is 1.94 bits per heavy atom. The summed E-state index contributed by atoms with van der Waals surface area (Å²) >= 11 is 0. The van der Waals surface area contributed by atoms with Crippen LogP contribution in [-0.4, -0.2) is 30.7 Å². The van der Waals surface area contributed by atoms with E-state index in [-0.39, 0.29) is 0 Å². The first kappa shape index (κ1) is 23.4. The minimum atomic E-state index is 0.519. The van der Waals surface area contributed by atoms with Crippen LogP contribution in [0.4, 0.5) is 0 Å². The van der Waals surface area contributed by atoms with E-state index in [4.69, 9.17) is 14.5 Å². The SMILES string of the molecule is COc1ccc2nc(CC3CC(C(C)C)C(CNCc4ccccc4OC)C=C3C)[nH]c2c1. The summed E-state index contributed by atoms with van der Waals surface area (Å²) in [6.45, 7) is 8.81. The van der Waals surface area contributed by atoms with Gasteiger partial charge >= 0.3 is 0 Å². The van der Waals surface area contributed by atoms with Gasteiger partial charge in [0.25, 0.3) is 0 Å². The Balaban J connectivity index is 1.44. The molecule has 3 aromatic rings. The number of imidazole rings is 1. The summed E-state index contributed by atoms with van der Waals surface area (Å²) in [5, 5.41) is 3.69. The molecule has 0 spiro atoms. The second-order valence-corrected chi connectivity index (χ2v) is 9.63. The van der Waals surface area contributed by atoms with Gasteiger partial charge in [-0.1, -0.05) is 43.7 Å². The van der Waals surface area contributed by atoms with Crippen LogP contribution >= 0.6 is 0 Å². The maximum absolute atomic E-state index is 5.50. The van der Waals surface area contributed by atoms with Crippen LogP contribution in [0.25, 0.3) is 11.0 Å². The standard InChI is InChI=1S/C28H37N3O2/c1-18(2)24-13-21(14-28-30-25-11-10-23(32-4)15-26(25)31-28)19(3)12-22(24)17-29-16-20-8-6-7-9-27(20)33-5/h6-12,15,18,21-22,24,29H,13-14,16-17H2,1-5H3,(H,30,31). The number of rotatable bonds is 9. The first-order valence-electron chi connectivity index (χ1n) is 12.0. The van der Waals surface area contributed by atoms with E-state index in [2.05, 4.69) is 49.3 Å². The van der Waals surface area contributed by atoms with Gasteiger partial charge in [-0.25, -0.2) is 4.98 Å².